The van der Waals surface area contributed by atoms with Crippen LogP contribution in [0.3, 0.4) is 0 Å². The Balaban J connectivity index is 2.78. The Labute approximate surface area is 96.3 Å². The zero-order valence-corrected chi connectivity index (χ0v) is 10.2. The van der Waals surface area contributed by atoms with Gasteiger partial charge in [0.15, 0.2) is 0 Å². The Hall–Kier alpha value is -1.00. The molecule has 0 aliphatic carbocycles. The fourth-order valence-corrected chi connectivity index (χ4v) is 1.29. The van der Waals surface area contributed by atoms with E-state index in [1.165, 1.54) is 5.56 Å². The molecule has 1 rings (SSSR count). The summed E-state index contributed by atoms with van der Waals surface area (Å²) in [6, 6.07) is 4.45. The van der Waals surface area contributed by atoms with E-state index in [0.29, 0.717) is 16.7 Å². The van der Waals surface area contributed by atoms with Crippen molar-refractivity contribution in [2.45, 2.75) is 26.4 Å². The first kappa shape index (κ1) is 12.1. The predicted molar refractivity (Wildman–Crippen MR) is 66.7 cm³/mol. The van der Waals surface area contributed by atoms with Gasteiger partial charge in [-0.3, -0.25) is 9.88 Å². The molecule has 1 aromatic rings. The molecule has 0 amide bonds. The van der Waals surface area contributed by atoms with Crippen LogP contribution in [-0.2, 0) is 6.54 Å². The maximum absolute atomic E-state index is 5.53. The van der Waals surface area contributed by atoms with Crippen molar-refractivity contribution in [1.29, 1.82) is 0 Å². The minimum absolute atomic E-state index is 0.351. The number of rotatable bonds is 4. The van der Waals surface area contributed by atoms with E-state index < -0.39 is 0 Å². The number of thiocarbonyl (C=S) groups is 1. The maximum Gasteiger partial charge on any atom is 0.122 e. The lowest BCUT2D eigenvalue weighted by Crippen LogP contribution is -2.25. The minimum atomic E-state index is 0.351. The van der Waals surface area contributed by atoms with Crippen molar-refractivity contribution in [3.05, 3.63) is 29.6 Å². The zero-order valence-electron chi connectivity index (χ0n) is 9.40. The van der Waals surface area contributed by atoms with Gasteiger partial charge in [-0.2, -0.15) is 0 Å². The van der Waals surface area contributed by atoms with Crippen LogP contribution in [0.15, 0.2) is 18.3 Å². The highest BCUT2D eigenvalue weighted by Crippen LogP contribution is 2.07. The summed E-state index contributed by atoms with van der Waals surface area (Å²) in [5.74, 6) is 0. The maximum atomic E-state index is 5.53. The predicted octanol–water partition coefficient (Wildman–Crippen LogP) is 1.56. The van der Waals surface area contributed by atoms with E-state index in [4.69, 9.17) is 18.0 Å². The van der Waals surface area contributed by atoms with Crippen LogP contribution in [0.1, 0.15) is 25.1 Å². The van der Waals surface area contributed by atoms with Crippen LogP contribution in [0, 0.1) is 0 Å². The fourth-order valence-electron chi connectivity index (χ4n) is 1.18. The van der Waals surface area contributed by atoms with Crippen LogP contribution in [0.2, 0.25) is 0 Å². The Morgan fingerprint density at radius 2 is 2.27 bits per heavy atom. The quantitative estimate of drug-likeness (QED) is 0.787. The minimum Gasteiger partial charge on any atom is -0.388 e. The topological polar surface area (TPSA) is 42.2 Å². The van der Waals surface area contributed by atoms with E-state index in [0.717, 1.165) is 6.54 Å². The average molecular weight is 223 g/mol. The molecule has 0 saturated heterocycles. The van der Waals surface area contributed by atoms with Gasteiger partial charge in [0.05, 0.1) is 5.69 Å². The molecular weight excluding hydrogens is 206 g/mol. The largest absolute Gasteiger partial charge is 0.388 e. The van der Waals surface area contributed by atoms with Gasteiger partial charge >= 0.3 is 0 Å². The molecule has 82 valence electrons. The standard InChI is InChI=1S/C11H17N3S/c1-8(2)14(3)7-9-4-5-13-10(6-9)11(12)15/h4-6,8H,7H2,1-3H3,(H2,12,15). The molecule has 3 nitrogen and oxygen atoms in total. The summed E-state index contributed by atoms with van der Waals surface area (Å²) in [7, 11) is 2.09. The number of nitrogens with two attached hydrogens (primary N) is 1. The van der Waals surface area contributed by atoms with E-state index in [9.17, 15) is 0 Å². The SMILES string of the molecule is CC(C)N(C)Cc1ccnc(C(N)=S)c1. The molecule has 0 unspecified atom stereocenters. The van der Waals surface area contributed by atoms with Crippen molar-refractivity contribution in [3.8, 4) is 0 Å². The summed E-state index contributed by atoms with van der Waals surface area (Å²) >= 11 is 4.89. The van der Waals surface area contributed by atoms with Crippen molar-refractivity contribution in [1.82, 2.24) is 9.88 Å². The van der Waals surface area contributed by atoms with Crippen molar-refractivity contribution >= 4 is 17.2 Å². The third kappa shape index (κ3) is 3.57. The molecule has 0 aliphatic rings. The van der Waals surface area contributed by atoms with E-state index in [1.807, 2.05) is 12.1 Å². The molecule has 1 heterocycles. The molecule has 4 heteroatoms. The molecule has 0 aliphatic heterocycles. The Morgan fingerprint density at radius 3 is 2.80 bits per heavy atom. The van der Waals surface area contributed by atoms with Crippen LogP contribution < -0.4 is 5.73 Å². The lowest BCUT2D eigenvalue weighted by molar-refractivity contribution is 0.265. The molecule has 1 aromatic heterocycles. The van der Waals surface area contributed by atoms with Gasteiger partial charge in [0.2, 0.25) is 0 Å². The summed E-state index contributed by atoms with van der Waals surface area (Å²) in [4.78, 5) is 6.71. The highest BCUT2D eigenvalue weighted by Gasteiger charge is 2.05. The molecule has 0 saturated carbocycles. The molecular formula is C11H17N3S. The monoisotopic (exact) mass is 223 g/mol. The second-order valence-corrected chi connectivity index (χ2v) is 4.36. The first-order chi connectivity index (χ1) is 7.00. The first-order valence-electron chi connectivity index (χ1n) is 4.95. The Bertz CT molecular complexity index is 349. The summed E-state index contributed by atoms with van der Waals surface area (Å²) < 4.78 is 0. The van der Waals surface area contributed by atoms with Gasteiger partial charge in [-0.05, 0) is 38.6 Å². The Morgan fingerprint density at radius 1 is 1.60 bits per heavy atom. The van der Waals surface area contributed by atoms with Crippen LogP contribution in [-0.4, -0.2) is 28.0 Å². The second-order valence-electron chi connectivity index (χ2n) is 3.92. The van der Waals surface area contributed by atoms with E-state index in [-0.39, 0.29) is 0 Å². The highest BCUT2D eigenvalue weighted by atomic mass is 32.1. The van der Waals surface area contributed by atoms with Crippen molar-refractivity contribution in [2.24, 2.45) is 5.73 Å². The molecule has 0 atom stereocenters. The number of hydrogen-bond acceptors (Lipinski definition) is 3. The third-order valence-electron chi connectivity index (χ3n) is 2.39. The van der Waals surface area contributed by atoms with Crippen molar-refractivity contribution in [2.75, 3.05) is 7.05 Å². The van der Waals surface area contributed by atoms with Gasteiger partial charge in [0, 0.05) is 18.8 Å². The van der Waals surface area contributed by atoms with Gasteiger partial charge < -0.3 is 5.73 Å². The molecule has 0 spiro atoms. The lowest BCUT2D eigenvalue weighted by Gasteiger charge is -2.20. The van der Waals surface area contributed by atoms with E-state index >= 15 is 0 Å². The lowest BCUT2D eigenvalue weighted by atomic mass is 10.2. The number of aromatic nitrogens is 1. The third-order valence-corrected chi connectivity index (χ3v) is 2.60. The fraction of sp³-hybridized carbons (Fsp3) is 0.455. The number of pyridine rings is 1. The van der Waals surface area contributed by atoms with Crippen LogP contribution in [0.25, 0.3) is 0 Å². The summed E-state index contributed by atoms with van der Waals surface area (Å²) in [6.45, 7) is 5.21. The molecule has 0 bridgehead atoms. The second kappa shape index (κ2) is 5.19. The molecule has 0 radical (unpaired) electrons. The van der Waals surface area contributed by atoms with Crippen LogP contribution in [0.4, 0.5) is 0 Å². The zero-order chi connectivity index (χ0) is 11.4. The highest BCUT2D eigenvalue weighted by molar-refractivity contribution is 7.80. The van der Waals surface area contributed by atoms with Crippen LogP contribution >= 0.6 is 12.2 Å². The number of nitrogens with zero attached hydrogens (tertiary/aromatic N) is 2. The summed E-state index contributed by atoms with van der Waals surface area (Å²) in [5, 5.41) is 0. The van der Waals surface area contributed by atoms with Gasteiger partial charge in [-0.1, -0.05) is 12.2 Å². The van der Waals surface area contributed by atoms with Gasteiger partial charge in [-0.15, -0.1) is 0 Å². The van der Waals surface area contributed by atoms with Gasteiger partial charge in [0.25, 0.3) is 0 Å². The van der Waals surface area contributed by atoms with Gasteiger partial charge in [-0.25, -0.2) is 0 Å². The average Bonchev–Trinajstić information content (AvgIpc) is 2.18. The smallest absolute Gasteiger partial charge is 0.122 e. The summed E-state index contributed by atoms with van der Waals surface area (Å²) in [6.07, 6.45) is 1.75. The molecule has 15 heavy (non-hydrogen) atoms. The van der Waals surface area contributed by atoms with Crippen LogP contribution in [0.5, 0.6) is 0 Å². The van der Waals surface area contributed by atoms with E-state index in [2.05, 4.69) is 30.8 Å². The first-order valence-corrected chi connectivity index (χ1v) is 5.36. The van der Waals surface area contributed by atoms with E-state index in [1.54, 1.807) is 6.20 Å². The molecule has 2 N–H and O–H groups in total. The normalized spacial score (nSPS) is 11.0. The van der Waals surface area contributed by atoms with Crippen molar-refractivity contribution < 1.29 is 0 Å². The van der Waals surface area contributed by atoms with Gasteiger partial charge in [0.1, 0.15) is 4.99 Å². The molecule has 0 aromatic carbocycles. The molecule has 0 fully saturated rings. The van der Waals surface area contributed by atoms with Crippen molar-refractivity contribution in [3.63, 3.8) is 0 Å². The summed E-state index contributed by atoms with van der Waals surface area (Å²) in [5.41, 5.74) is 7.41. The number of hydrogen-bond donors (Lipinski definition) is 1. The Kier molecular flexibility index (Phi) is 4.17.